The van der Waals surface area contributed by atoms with E-state index in [1.807, 2.05) is 55.6 Å². The van der Waals surface area contributed by atoms with Gasteiger partial charge in [0.05, 0.1) is 17.3 Å². The van der Waals surface area contributed by atoms with Crippen molar-refractivity contribution in [2.75, 3.05) is 13.7 Å². The van der Waals surface area contributed by atoms with Gasteiger partial charge in [-0.2, -0.15) is 4.31 Å². The molecule has 0 atom stereocenters. The molecule has 27 heavy (non-hydrogen) atoms. The first-order valence-corrected chi connectivity index (χ1v) is 10.9. The van der Waals surface area contributed by atoms with Crippen LogP contribution in [0.2, 0.25) is 0 Å². The predicted molar refractivity (Wildman–Crippen MR) is 109 cm³/mol. The molecule has 2 aromatic carbocycles. The van der Waals surface area contributed by atoms with Crippen LogP contribution in [-0.2, 0) is 16.6 Å². The fourth-order valence-corrected chi connectivity index (χ4v) is 4.67. The van der Waals surface area contributed by atoms with Crippen molar-refractivity contribution in [3.05, 3.63) is 64.5 Å². The molecule has 0 saturated heterocycles. The molecule has 1 heterocycles. The third kappa shape index (κ3) is 4.37. The van der Waals surface area contributed by atoms with Crippen molar-refractivity contribution in [1.82, 2.24) is 9.29 Å². The van der Waals surface area contributed by atoms with Crippen LogP contribution < -0.4 is 4.74 Å². The molecule has 0 aliphatic carbocycles. The molecule has 0 radical (unpaired) electrons. The maximum atomic E-state index is 13.2. The summed E-state index contributed by atoms with van der Waals surface area (Å²) in [4.78, 5) is 4.62. The zero-order valence-electron chi connectivity index (χ0n) is 15.5. The highest BCUT2D eigenvalue weighted by Crippen LogP contribution is 2.32. The number of rotatable bonds is 7. The van der Waals surface area contributed by atoms with Gasteiger partial charge in [-0.05, 0) is 37.6 Å². The SMILES string of the molecule is CCOc1ccc(-c2csc(C)n2)cc1S(=O)(=O)N(C)Cc1ccccc1. The number of sulfonamides is 1. The summed E-state index contributed by atoms with van der Waals surface area (Å²) in [6.45, 7) is 4.44. The monoisotopic (exact) mass is 402 g/mol. The zero-order chi connectivity index (χ0) is 19.4. The summed E-state index contributed by atoms with van der Waals surface area (Å²) in [5, 5.41) is 2.86. The summed E-state index contributed by atoms with van der Waals surface area (Å²) < 4.78 is 33.4. The number of hydrogen-bond donors (Lipinski definition) is 0. The van der Waals surface area contributed by atoms with Crippen molar-refractivity contribution in [3.63, 3.8) is 0 Å². The Bertz CT molecular complexity index is 1010. The highest BCUT2D eigenvalue weighted by molar-refractivity contribution is 7.89. The minimum Gasteiger partial charge on any atom is -0.492 e. The van der Waals surface area contributed by atoms with E-state index in [-0.39, 0.29) is 11.4 Å². The van der Waals surface area contributed by atoms with Crippen LogP contribution >= 0.6 is 11.3 Å². The number of aromatic nitrogens is 1. The second-order valence-electron chi connectivity index (χ2n) is 6.09. The van der Waals surface area contributed by atoms with E-state index in [1.165, 1.54) is 15.6 Å². The molecule has 0 aliphatic heterocycles. The molecular formula is C20H22N2O3S2. The molecule has 1 aromatic heterocycles. The molecule has 0 spiro atoms. The molecule has 0 aliphatic rings. The minimum atomic E-state index is -3.73. The first-order chi connectivity index (χ1) is 12.9. The molecular weight excluding hydrogens is 380 g/mol. The molecule has 0 saturated carbocycles. The summed E-state index contributed by atoms with van der Waals surface area (Å²) >= 11 is 1.53. The summed E-state index contributed by atoms with van der Waals surface area (Å²) in [6.07, 6.45) is 0. The van der Waals surface area contributed by atoms with Crippen molar-refractivity contribution in [2.45, 2.75) is 25.3 Å². The van der Waals surface area contributed by atoms with Gasteiger partial charge in [0.1, 0.15) is 10.6 Å². The normalized spacial score (nSPS) is 11.7. The van der Waals surface area contributed by atoms with Crippen molar-refractivity contribution >= 4 is 21.4 Å². The molecule has 0 unspecified atom stereocenters. The van der Waals surface area contributed by atoms with Gasteiger partial charge in [-0.1, -0.05) is 30.3 Å². The van der Waals surface area contributed by atoms with E-state index in [9.17, 15) is 8.42 Å². The van der Waals surface area contributed by atoms with E-state index < -0.39 is 10.0 Å². The first kappa shape index (κ1) is 19.5. The van der Waals surface area contributed by atoms with Crippen molar-refractivity contribution in [2.24, 2.45) is 0 Å². The van der Waals surface area contributed by atoms with E-state index in [4.69, 9.17) is 4.74 Å². The Balaban J connectivity index is 2.01. The van der Waals surface area contributed by atoms with E-state index in [0.29, 0.717) is 12.4 Å². The Morgan fingerprint density at radius 2 is 1.89 bits per heavy atom. The Hall–Kier alpha value is -2.22. The van der Waals surface area contributed by atoms with Crippen LogP contribution in [0.4, 0.5) is 0 Å². The number of thiazole rings is 1. The van der Waals surface area contributed by atoms with Gasteiger partial charge in [0.25, 0.3) is 0 Å². The van der Waals surface area contributed by atoms with Crippen LogP contribution in [0.1, 0.15) is 17.5 Å². The van der Waals surface area contributed by atoms with Gasteiger partial charge in [-0.15, -0.1) is 11.3 Å². The quantitative estimate of drug-likeness (QED) is 0.590. The lowest BCUT2D eigenvalue weighted by atomic mass is 10.2. The number of ether oxygens (including phenoxy) is 1. The van der Waals surface area contributed by atoms with Gasteiger partial charge in [0, 0.05) is 24.5 Å². The number of hydrogen-bond acceptors (Lipinski definition) is 5. The smallest absolute Gasteiger partial charge is 0.246 e. The van der Waals surface area contributed by atoms with E-state index in [0.717, 1.165) is 21.8 Å². The summed E-state index contributed by atoms with van der Waals surface area (Å²) in [7, 11) is -2.15. The second-order valence-corrected chi connectivity index (χ2v) is 9.17. The van der Waals surface area contributed by atoms with Gasteiger partial charge < -0.3 is 4.74 Å². The fourth-order valence-electron chi connectivity index (χ4n) is 2.73. The Morgan fingerprint density at radius 3 is 2.52 bits per heavy atom. The molecule has 142 valence electrons. The summed E-state index contributed by atoms with van der Waals surface area (Å²) in [5.41, 5.74) is 2.45. The van der Waals surface area contributed by atoms with E-state index >= 15 is 0 Å². The predicted octanol–water partition coefficient (Wildman–Crippen LogP) is 4.34. The topological polar surface area (TPSA) is 59.5 Å². The molecule has 0 amide bonds. The van der Waals surface area contributed by atoms with Crippen LogP contribution in [0.3, 0.4) is 0 Å². The highest BCUT2D eigenvalue weighted by atomic mass is 32.2. The standard InChI is InChI=1S/C20H22N2O3S2/c1-4-25-19-11-10-17(18-14-26-15(2)21-18)12-20(19)27(23,24)22(3)13-16-8-6-5-7-9-16/h5-12,14H,4,13H2,1-3H3. The van der Waals surface area contributed by atoms with Crippen molar-refractivity contribution in [3.8, 4) is 17.0 Å². The highest BCUT2D eigenvalue weighted by Gasteiger charge is 2.26. The molecule has 3 rings (SSSR count). The molecule has 5 nitrogen and oxygen atoms in total. The lowest BCUT2D eigenvalue weighted by Gasteiger charge is -2.20. The van der Waals surface area contributed by atoms with E-state index in [1.54, 1.807) is 19.2 Å². The average molecular weight is 403 g/mol. The largest absolute Gasteiger partial charge is 0.492 e. The fraction of sp³-hybridized carbons (Fsp3) is 0.250. The summed E-state index contributed by atoms with van der Waals surface area (Å²) in [6, 6.07) is 14.7. The Morgan fingerprint density at radius 1 is 1.15 bits per heavy atom. The van der Waals surface area contributed by atoms with Gasteiger partial charge in [-0.3, -0.25) is 0 Å². The van der Waals surface area contributed by atoms with Crippen molar-refractivity contribution < 1.29 is 13.2 Å². The van der Waals surface area contributed by atoms with Crippen molar-refractivity contribution in [1.29, 1.82) is 0 Å². The van der Waals surface area contributed by atoms with Crippen LogP contribution in [-0.4, -0.2) is 31.4 Å². The molecule has 0 N–H and O–H groups in total. The average Bonchev–Trinajstić information content (AvgIpc) is 3.09. The molecule has 7 heteroatoms. The lowest BCUT2D eigenvalue weighted by molar-refractivity contribution is 0.329. The Kier molecular flexibility index (Phi) is 5.94. The summed E-state index contributed by atoms with van der Waals surface area (Å²) in [5.74, 6) is 0.355. The number of nitrogens with zero attached hydrogens (tertiary/aromatic N) is 2. The zero-order valence-corrected chi connectivity index (χ0v) is 17.2. The van der Waals surface area contributed by atoms with Crippen LogP contribution in [0.25, 0.3) is 11.3 Å². The third-order valence-corrected chi connectivity index (χ3v) is 6.69. The Labute approximate surface area is 164 Å². The van der Waals surface area contributed by atoms with Crippen LogP contribution in [0.15, 0.2) is 58.8 Å². The third-order valence-electron chi connectivity index (χ3n) is 4.09. The van der Waals surface area contributed by atoms with Gasteiger partial charge in [-0.25, -0.2) is 13.4 Å². The van der Waals surface area contributed by atoms with Gasteiger partial charge in [0.2, 0.25) is 10.0 Å². The van der Waals surface area contributed by atoms with E-state index in [2.05, 4.69) is 4.98 Å². The van der Waals surface area contributed by atoms with Crippen LogP contribution in [0, 0.1) is 6.92 Å². The maximum absolute atomic E-state index is 13.2. The maximum Gasteiger partial charge on any atom is 0.246 e. The molecule has 0 fully saturated rings. The van der Waals surface area contributed by atoms with Crippen LogP contribution in [0.5, 0.6) is 5.75 Å². The lowest BCUT2D eigenvalue weighted by Crippen LogP contribution is -2.27. The molecule has 0 bridgehead atoms. The second kappa shape index (κ2) is 8.21. The number of benzene rings is 2. The number of aryl methyl sites for hydroxylation is 1. The first-order valence-electron chi connectivity index (χ1n) is 8.61. The minimum absolute atomic E-state index is 0.158. The molecule has 3 aromatic rings. The van der Waals surface area contributed by atoms with Gasteiger partial charge >= 0.3 is 0 Å². The van der Waals surface area contributed by atoms with Gasteiger partial charge in [0.15, 0.2) is 0 Å².